The van der Waals surface area contributed by atoms with Crippen molar-refractivity contribution < 1.29 is 9.59 Å². The zero-order valence-electron chi connectivity index (χ0n) is 13.1. The van der Waals surface area contributed by atoms with E-state index >= 15 is 0 Å². The Hall–Kier alpha value is -2.30. The van der Waals surface area contributed by atoms with Crippen LogP contribution in [0.15, 0.2) is 18.2 Å². The molecule has 112 valence electrons. The molecule has 0 aliphatic carbocycles. The Morgan fingerprint density at radius 1 is 1.24 bits per heavy atom. The number of benzene rings is 1. The molecule has 0 saturated carbocycles. The fourth-order valence-electron chi connectivity index (χ4n) is 2.33. The highest BCUT2D eigenvalue weighted by atomic mass is 16.2. The second-order valence-electron chi connectivity index (χ2n) is 5.56. The van der Waals surface area contributed by atoms with Crippen LogP contribution in [0.4, 0.5) is 0 Å². The van der Waals surface area contributed by atoms with Crippen molar-refractivity contribution in [1.82, 2.24) is 15.2 Å². The maximum Gasteiger partial charge on any atom is 0.251 e. The predicted molar refractivity (Wildman–Crippen MR) is 83.4 cm³/mol. The van der Waals surface area contributed by atoms with Crippen molar-refractivity contribution in [1.29, 1.82) is 0 Å². The number of fused-ring (bicyclic) bond motifs is 1. The van der Waals surface area contributed by atoms with Crippen LogP contribution in [0.3, 0.4) is 0 Å². The van der Waals surface area contributed by atoms with Crippen molar-refractivity contribution in [3.8, 4) is 0 Å². The van der Waals surface area contributed by atoms with E-state index in [1.807, 2.05) is 26.0 Å². The topological polar surface area (TPSA) is 65.2 Å². The van der Waals surface area contributed by atoms with Gasteiger partial charge in [0, 0.05) is 36.3 Å². The molecule has 1 atom stereocenters. The number of H-pyrrole nitrogens is 1. The van der Waals surface area contributed by atoms with Gasteiger partial charge in [-0.1, -0.05) is 0 Å². The first-order valence-electron chi connectivity index (χ1n) is 6.92. The van der Waals surface area contributed by atoms with Gasteiger partial charge in [-0.3, -0.25) is 9.59 Å². The van der Waals surface area contributed by atoms with Crippen molar-refractivity contribution in [2.45, 2.75) is 26.8 Å². The average Bonchev–Trinajstić information content (AvgIpc) is 2.72. The number of aromatic amines is 1. The van der Waals surface area contributed by atoms with Gasteiger partial charge in [-0.05, 0) is 44.5 Å². The van der Waals surface area contributed by atoms with Crippen molar-refractivity contribution >= 4 is 22.7 Å². The molecule has 0 spiro atoms. The number of hydrogen-bond acceptors (Lipinski definition) is 2. The third-order valence-corrected chi connectivity index (χ3v) is 3.73. The largest absolute Gasteiger partial charge is 0.358 e. The van der Waals surface area contributed by atoms with Gasteiger partial charge in [0.15, 0.2) is 0 Å². The van der Waals surface area contributed by atoms with Crippen LogP contribution in [0.5, 0.6) is 0 Å². The molecule has 0 fully saturated rings. The lowest BCUT2D eigenvalue weighted by Gasteiger charge is -2.18. The smallest absolute Gasteiger partial charge is 0.251 e. The number of carbonyl (C=O) groups excluding carboxylic acids is 2. The lowest BCUT2D eigenvalue weighted by Crippen LogP contribution is -2.44. The molecule has 0 aliphatic heterocycles. The standard InChI is InChI=1S/C16H21N3O2/c1-9-10(2)17-14-7-6-12(8-13(9)14)15(20)18-11(3)16(21)19(4)5/h6-8,11,17H,1-5H3,(H,18,20). The second-order valence-corrected chi connectivity index (χ2v) is 5.56. The molecule has 1 aromatic heterocycles. The Bertz CT molecular complexity index is 701. The van der Waals surface area contributed by atoms with Crippen molar-refractivity contribution in [3.63, 3.8) is 0 Å². The number of carbonyl (C=O) groups is 2. The van der Waals surface area contributed by atoms with E-state index in [1.54, 1.807) is 27.1 Å². The van der Waals surface area contributed by atoms with Crippen LogP contribution >= 0.6 is 0 Å². The van der Waals surface area contributed by atoms with Gasteiger partial charge in [0.1, 0.15) is 6.04 Å². The Morgan fingerprint density at radius 3 is 2.52 bits per heavy atom. The molecule has 0 radical (unpaired) electrons. The SMILES string of the molecule is Cc1[nH]c2ccc(C(=O)NC(C)C(=O)N(C)C)cc2c1C. The fourth-order valence-corrected chi connectivity index (χ4v) is 2.33. The first-order valence-corrected chi connectivity index (χ1v) is 6.92. The number of rotatable bonds is 3. The summed E-state index contributed by atoms with van der Waals surface area (Å²) >= 11 is 0. The first-order chi connectivity index (χ1) is 9.81. The van der Waals surface area contributed by atoms with Crippen LogP contribution in [0, 0.1) is 13.8 Å². The molecule has 2 N–H and O–H groups in total. The van der Waals surface area contributed by atoms with Crippen molar-refractivity contribution in [3.05, 3.63) is 35.0 Å². The fraction of sp³-hybridized carbons (Fsp3) is 0.375. The Balaban J connectivity index is 2.23. The number of amides is 2. The normalized spacial score (nSPS) is 12.2. The molecular weight excluding hydrogens is 266 g/mol. The molecule has 1 unspecified atom stereocenters. The van der Waals surface area contributed by atoms with Crippen molar-refractivity contribution in [2.75, 3.05) is 14.1 Å². The first kappa shape index (κ1) is 15.1. The minimum atomic E-state index is -0.544. The quantitative estimate of drug-likeness (QED) is 0.906. The van der Waals surface area contributed by atoms with E-state index in [4.69, 9.17) is 0 Å². The van der Waals surface area contributed by atoms with E-state index in [0.717, 1.165) is 22.2 Å². The van der Waals surface area contributed by atoms with E-state index < -0.39 is 6.04 Å². The summed E-state index contributed by atoms with van der Waals surface area (Å²) in [5.74, 6) is -0.365. The summed E-state index contributed by atoms with van der Waals surface area (Å²) in [5.41, 5.74) is 3.80. The van der Waals surface area contributed by atoms with E-state index in [2.05, 4.69) is 10.3 Å². The molecule has 2 rings (SSSR count). The Kier molecular flexibility index (Phi) is 4.02. The number of aromatic nitrogens is 1. The summed E-state index contributed by atoms with van der Waals surface area (Å²) in [4.78, 5) is 28.8. The molecule has 5 nitrogen and oxygen atoms in total. The van der Waals surface area contributed by atoms with E-state index in [-0.39, 0.29) is 11.8 Å². The van der Waals surface area contributed by atoms with Gasteiger partial charge in [0.25, 0.3) is 5.91 Å². The molecule has 5 heteroatoms. The molecule has 0 saturated heterocycles. The lowest BCUT2D eigenvalue weighted by atomic mass is 10.1. The van der Waals surface area contributed by atoms with Gasteiger partial charge in [0.2, 0.25) is 5.91 Å². The molecule has 2 amide bonds. The van der Waals surface area contributed by atoms with Crippen LogP contribution in [-0.2, 0) is 4.79 Å². The van der Waals surface area contributed by atoms with Crippen LogP contribution in [0.2, 0.25) is 0 Å². The zero-order chi connectivity index (χ0) is 15.7. The highest BCUT2D eigenvalue weighted by Gasteiger charge is 2.18. The predicted octanol–water partition coefficient (Wildman–Crippen LogP) is 1.99. The summed E-state index contributed by atoms with van der Waals surface area (Å²) in [6.45, 7) is 5.71. The monoisotopic (exact) mass is 287 g/mol. The molecule has 21 heavy (non-hydrogen) atoms. The second kappa shape index (κ2) is 5.60. The van der Waals surface area contributed by atoms with Gasteiger partial charge in [-0.25, -0.2) is 0 Å². The number of nitrogens with zero attached hydrogens (tertiary/aromatic N) is 1. The van der Waals surface area contributed by atoms with Gasteiger partial charge < -0.3 is 15.2 Å². The summed E-state index contributed by atoms with van der Waals surface area (Å²) in [5, 5.41) is 3.76. The molecule has 0 aliphatic rings. The minimum Gasteiger partial charge on any atom is -0.358 e. The number of nitrogens with one attached hydrogen (secondary N) is 2. The van der Waals surface area contributed by atoms with Gasteiger partial charge in [-0.15, -0.1) is 0 Å². The zero-order valence-corrected chi connectivity index (χ0v) is 13.1. The third kappa shape index (κ3) is 2.91. The molecule has 0 bridgehead atoms. The number of hydrogen-bond donors (Lipinski definition) is 2. The summed E-state index contributed by atoms with van der Waals surface area (Å²) in [6, 6.07) is 4.97. The Morgan fingerprint density at radius 2 is 1.90 bits per heavy atom. The highest BCUT2D eigenvalue weighted by molar-refractivity contribution is 6.00. The van der Waals surface area contributed by atoms with Crippen molar-refractivity contribution in [2.24, 2.45) is 0 Å². The third-order valence-electron chi connectivity index (χ3n) is 3.73. The van der Waals surface area contributed by atoms with Crippen LogP contribution < -0.4 is 5.32 Å². The molecule has 1 heterocycles. The van der Waals surface area contributed by atoms with E-state index in [1.165, 1.54) is 4.90 Å². The van der Waals surface area contributed by atoms with Crippen LogP contribution in [0.1, 0.15) is 28.5 Å². The maximum atomic E-state index is 12.3. The summed E-state index contributed by atoms with van der Waals surface area (Å²) in [7, 11) is 3.34. The maximum absolute atomic E-state index is 12.3. The number of likely N-dealkylation sites (N-methyl/N-ethyl adjacent to an activating group) is 1. The van der Waals surface area contributed by atoms with E-state index in [9.17, 15) is 9.59 Å². The number of aryl methyl sites for hydroxylation is 2. The highest BCUT2D eigenvalue weighted by Crippen LogP contribution is 2.22. The minimum absolute atomic E-state index is 0.127. The molecule has 2 aromatic rings. The average molecular weight is 287 g/mol. The molecule has 1 aromatic carbocycles. The van der Waals surface area contributed by atoms with Crippen LogP contribution in [0.25, 0.3) is 10.9 Å². The van der Waals surface area contributed by atoms with Gasteiger partial charge in [0.05, 0.1) is 0 Å². The lowest BCUT2D eigenvalue weighted by molar-refractivity contribution is -0.130. The van der Waals surface area contributed by atoms with Crippen LogP contribution in [-0.4, -0.2) is 41.8 Å². The van der Waals surface area contributed by atoms with E-state index in [0.29, 0.717) is 5.56 Å². The summed E-state index contributed by atoms with van der Waals surface area (Å²) < 4.78 is 0. The molecular formula is C16H21N3O2. The van der Waals surface area contributed by atoms with Gasteiger partial charge in [-0.2, -0.15) is 0 Å². The Labute approximate surface area is 124 Å². The van der Waals surface area contributed by atoms with Gasteiger partial charge >= 0.3 is 0 Å². The summed E-state index contributed by atoms with van der Waals surface area (Å²) in [6.07, 6.45) is 0.